The first-order valence-electron chi connectivity index (χ1n) is 8.27. The summed E-state index contributed by atoms with van der Waals surface area (Å²) in [6.45, 7) is 1.50. The zero-order chi connectivity index (χ0) is 17.9. The smallest absolute Gasteiger partial charge is 0.221 e. The van der Waals surface area contributed by atoms with Gasteiger partial charge in [0.2, 0.25) is 5.91 Å². The number of benzene rings is 2. The molecule has 0 fully saturated rings. The van der Waals surface area contributed by atoms with Crippen LogP contribution in [0.1, 0.15) is 6.92 Å². The number of hydrogen-bond donors (Lipinski definition) is 2. The number of aromatic nitrogens is 1. The van der Waals surface area contributed by atoms with Gasteiger partial charge in [-0.3, -0.25) is 9.78 Å². The molecular formula is C21H17N3OS. The van der Waals surface area contributed by atoms with E-state index in [4.69, 9.17) is 0 Å². The normalized spacial score (nSPS) is 10.7. The van der Waals surface area contributed by atoms with Crippen molar-refractivity contribution in [2.75, 3.05) is 10.6 Å². The molecule has 4 rings (SSSR count). The summed E-state index contributed by atoms with van der Waals surface area (Å²) < 4.78 is 0. The average Bonchev–Trinajstić information content (AvgIpc) is 3.17. The highest BCUT2D eigenvalue weighted by Crippen LogP contribution is 2.37. The maximum absolute atomic E-state index is 11.2. The van der Waals surface area contributed by atoms with Crippen molar-refractivity contribution in [2.45, 2.75) is 6.92 Å². The molecule has 0 saturated heterocycles. The molecule has 26 heavy (non-hydrogen) atoms. The zero-order valence-electron chi connectivity index (χ0n) is 14.2. The molecule has 0 unspecified atom stereocenters. The van der Waals surface area contributed by atoms with Crippen molar-refractivity contribution in [1.82, 2.24) is 4.98 Å². The third-order valence-corrected chi connectivity index (χ3v) is 4.94. The number of rotatable bonds is 4. The highest BCUT2D eigenvalue weighted by molar-refractivity contribution is 7.13. The topological polar surface area (TPSA) is 54.0 Å². The fourth-order valence-corrected chi connectivity index (χ4v) is 3.62. The molecule has 0 radical (unpaired) electrons. The molecule has 2 aromatic heterocycles. The van der Waals surface area contributed by atoms with E-state index in [1.807, 2.05) is 54.7 Å². The summed E-state index contributed by atoms with van der Waals surface area (Å²) in [5.74, 6) is -0.0779. The Balaban J connectivity index is 1.77. The minimum absolute atomic E-state index is 0.0779. The molecule has 5 heteroatoms. The van der Waals surface area contributed by atoms with Gasteiger partial charge in [-0.15, -0.1) is 11.3 Å². The van der Waals surface area contributed by atoms with Gasteiger partial charge >= 0.3 is 0 Å². The van der Waals surface area contributed by atoms with Gasteiger partial charge in [-0.1, -0.05) is 24.3 Å². The summed E-state index contributed by atoms with van der Waals surface area (Å²) in [6.07, 6.45) is 1.92. The molecule has 0 aliphatic rings. The van der Waals surface area contributed by atoms with Crippen LogP contribution >= 0.6 is 11.3 Å². The first-order chi connectivity index (χ1) is 12.7. The Kier molecular flexibility index (Phi) is 4.37. The highest BCUT2D eigenvalue weighted by atomic mass is 32.1. The van der Waals surface area contributed by atoms with E-state index in [9.17, 15) is 4.79 Å². The number of pyridine rings is 1. The second kappa shape index (κ2) is 6.98. The molecule has 4 aromatic rings. The lowest BCUT2D eigenvalue weighted by atomic mass is 10.1. The maximum atomic E-state index is 11.2. The molecule has 2 heterocycles. The van der Waals surface area contributed by atoms with Crippen molar-refractivity contribution in [3.8, 4) is 10.4 Å². The molecule has 2 aromatic carbocycles. The molecule has 0 bridgehead atoms. The number of nitrogens with one attached hydrogen (secondary N) is 2. The van der Waals surface area contributed by atoms with Crippen LogP contribution in [0.25, 0.3) is 21.3 Å². The van der Waals surface area contributed by atoms with Crippen LogP contribution in [0.4, 0.5) is 17.1 Å². The quantitative estimate of drug-likeness (QED) is 0.494. The van der Waals surface area contributed by atoms with E-state index in [-0.39, 0.29) is 5.91 Å². The van der Waals surface area contributed by atoms with E-state index in [1.165, 1.54) is 11.8 Å². The number of amides is 1. The molecule has 1 amide bonds. The SMILES string of the molecule is CC(=O)Nc1ccc(Nc2c(-c3cccs3)cnc3ccccc23)cc1. The van der Waals surface area contributed by atoms with Crippen LogP contribution in [0.15, 0.2) is 72.2 Å². The van der Waals surface area contributed by atoms with Crippen molar-refractivity contribution < 1.29 is 4.79 Å². The van der Waals surface area contributed by atoms with Crippen LogP contribution in [0, 0.1) is 0 Å². The van der Waals surface area contributed by atoms with E-state index >= 15 is 0 Å². The summed E-state index contributed by atoms with van der Waals surface area (Å²) in [7, 11) is 0. The number of thiophene rings is 1. The molecule has 0 spiro atoms. The molecule has 0 aliphatic carbocycles. The second-order valence-electron chi connectivity index (χ2n) is 5.92. The fourth-order valence-electron chi connectivity index (χ4n) is 2.88. The molecule has 4 nitrogen and oxygen atoms in total. The third-order valence-electron chi connectivity index (χ3n) is 4.04. The number of para-hydroxylation sites is 1. The molecule has 0 saturated carbocycles. The summed E-state index contributed by atoms with van der Waals surface area (Å²) in [4.78, 5) is 17.0. The fraction of sp³-hybridized carbons (Fsp3) is 0.0476. The zero-order valence-corrected chi connectivity index (χ0v) is 15.0. The van der Waals surface area contributed by atoms with E-state index in [0.717, 1.165) is 33.5 Å². The molecule has 128 valence electrons. The number of hydrogen-bond acceptors (Lipinski definition) is 4. The van der Waals surface area contributed by atoms with Crippen molar-refractivity contribution in [3.63, 3.8) is 0 Å². The van der Waals surface area contributed by atoms with E-state index in [2.05, 4.69) is 33.1 Å². The van der Waals surface area contributed by atoms with Gasteiger partial charge in [-0.25, -0.2) is 0 Å². The van der Waals surface area contributed by atoms with E-state index in [0.29, 0.717) is 0 Å². The van der Waals surface area contributed by atoms with Crippen LogP contribution in [-0.2, 0) is 4.79 Å². The lowest BCUT2D eigenvalue weighted by molar-refractivity contribution is -0.114. The Morgan fingerprint density at radius 1 is 0.962 bits per heavy atom. The average molecular weight is 359 g/mol. The van der Waals surface area contributed by atoms with Crippen LogP contribution in [0.2, 0.25) is 0 Å². The minimum atomic E-state index is -0.0779. The van der Waals surface area contributed by atoms with Crippen molar-refractivity contribution >= 4 is 45.2 Å². The predicted octanol–water partition coefficient (Wildman–Crippen LogP) is 5.67. The maximum Gasteiger partial charge on any atom is 0.221 e. The number of anilines is 3. The van der Waals surface area contributed by atoms with Crippen LogP contribution in [0.3, 0.4) is 0 Å². The summed E-state index contributed by atoms with van der Waals surface area (Å²) in [5.41, 5.74) is 4.79. The van der Waals surface area contributed by atoms with Crippen LogP contribution < -0.4 is 10.6 Å². The van der Waals surface area contributed by atoms with Gasteiger partial charge in [0.15, 0.2) is 0 Å². The monoisotopic (exact) mass is 359 g/mol. The number of carbonyl (C=O) groups is 1. The summed E-state index contributed by atoms with van der Waals surface area (Å²) >= 11 is 1.69. The highest BCUT2D eigenvalue weighted by Gasteiger charge is 2.12. The van der Waals surface area contributed by atoms with Gasteiger partial charge in [0.1, 0.15) is 0 Å². The number of fused-ring (bicyclic) bond motifs is 1. The first kappa shape index (κ1) is 16.3. The van der Waals surface area contributed by atoms with Gasteiger partial charge in [-0.05, 0) is 41.8 Å². The largest absolute Gasteiger partial charge is 0.354 e. The van der Waals surface area contributed by atoms with Crippen molar-refractivity contribution in [2.24, 2.45) is 0 Å². The lowest BCUT2D eigenvalue weighted by Crippen LogP contribution is -2.05. The van der Waals surface area contributed by atoms with Gasteiger partial charge in [0.05, 0.1) is 11.2 Å². The van der Waals surface area contributed by atoms with E-state index in [1.54, 1.807) is 11.3 Å². The molecule has 0 atom stereocenters. The summed E-state index contributed by atoms with van der Waals surface area (Å²) in [6, 6.07) is 19.9. The Morgan fingerprint density at radius 2 is 1.73 bits per heavy atom. The van der Waals surface area contributed by atoms with Crippen molar-refractivity contribution in [1.29, 1.82) is 0 Å². The Bertz CT molecular complexity index is 1060. The standard InChI is InChI=1S/C21H17N3OS/c1-14(25)23-15-8-10-16(11-9-15)24-21-17-5-2-3-6-19(17)22-13-18(21)20-7-4-12-26-20/h2-13H,1H3,(H,22,24)(H,23,25). The Labute approximate surface area is 155 Å². The summed E-state index contributed by atoms with van der Waals surface area (Å²) in [5, 5.41) is 9.46. The van der Waals surface area contributed by atoms with Crippen molar-refractivity contribution in [3.05, 3.63) is 72.2 Å². The molecular weight excluding hydrogens is 342 g/mol. The van der Waals surface area contributed by atoms with Gasteiger partial charge < -0.3 is 10.6 Å². The molecule has 2 N–H and O–H groups in total. The third kappa shape index (κ3) is 3.30. The van der Waals surface area contributed by atoms with E-state index < -0.39 is 0 Å². The predicted molar refractivity (Wildman–Crippen MR) is 109 cm³/mol. The van der Waals surface area contributed by atoms with Crippen LogP contribution in [0.5, 0.6) is 0 Å². The van der Waals surface area contributed by atoms with Gasteiger partial charge in [0, 0.05) is 40.3 Å². The van der Waals surface area contributed by atoms with Gasteiger partial charge in [0.25, 0.3) is 0 Å². The lowest BCUT2D eigenvalue weighted by Gasteiger charge is -2.14. The Hall–Kier alpha value is -3.18. The first-order valence-corrected chi connectivity index (χ1v) is 9.15. The molecule has 0 aliphatic heterocycles. The van der Waals surface area contributed by atoms with Gasteiger partial charge in [-0.2, -0.15) is 0 Å². The number of carbonyl (C=O) groups excluding carboxylic acids is 1. The minimum Gasteiger partial charge on any atom is -0.354 e. The van der Waals surface area contributed by atoms with Crippen LogP contribution in [-0.4, -0.2) is 10.9 Å². The Morgan fingerprint density at radius 3 is 2.46 bits per heavy atom. The number of nitrogens with zero attached hydrogens (tertiary/aromatic N) is 1. The second-order valence-corrected chi connectivity index (χ2v) is 6.87.